The molecular formula is C20H23FN2O3S2. The molecule has 1 fully saturated rings. The zero-order valence-corrected chi connectivity index (χ0v) is 17.2. The zero-order valence-electron chi connectivity index (χ0n) is 15.6. The molecule has 0 radical (unpaired) electrons. The van der Waals surface area contributed by atoms with Crippen LogP contribution in [0, 0.1) is 11.7 Å². The summed E-state index contributed by atoms with van der Waals surface area (Å²) in [6, 6.07) is 13.5. The van der Waals surface area contributed by atoms with Crippen molar-refractivity contribution in [1.29, 1.82) is 0 Å². The van der Waals surface area contributed by atoms with Crippen molar-refractivity contribution in [3.05, 3.63) is 59.9 Å². The Kier molecular flexibility index (Phi) is 6.74. The van der Waals surface area contributed by atoms with Crippen molar-refractivity contribution < 1.29 is 17.6 Å². The third kappa shape index (κ3) is 4.92. The number of sulfonamides is 1. The van der Waals surface area contributed by atoms with E-state index in [1.54, 1.807) is 17.8 Å². The predicted molar refractivity (Wildman–Crippen MR) is 110 cm³/mol. The highest BCUT2D eigenvalue weighted by molar-refractivity contribution is 7.98. The molecule has 2 aromatic rings. The fraction of sp³-hybridized carbons (Fsp3) is 0.350. The van der Waals surface area contributed by atoms with Gasteiger partial charge in [-0.1, -0.05) is 30.3 Å². The number of benzene rings is 2. The third-order valence-electron chi connectivity index (χ3n) is 4.88. The van der Waals surface area contributed by atoms with Gasteiger partial charge in [-0.2, -0.15) is 0 Å². The lowest BCUT2D eigenvalue weighted by Crippen LogP contribution is -2.42. The highest BCUT2D eigenvalue weighted by atomic mass is 32.2. The van der Waals surface area contributed by atoms with E-state index in [0.29, 0.717) is 12.8 Å². The summed E-state index contributed by atoms with van der Waals surface area (Å²) in [6.07, 6.45) is 2.84. The second kappa shape index (κ2) is 9.07. The molecule has 28 heavy (non-hydrogen) atoms. The van der Waals surface area contributed by atoms with Gasteiger partial charge >= 0.3 is 0 Å². The van der Waals surface area contributed by atoms with Gasteiger partial charge in [0, 0.05) is 29.5 Å². The van der Waals surface area contributed by atoms with Crippen LogP contribution in [0.25, 0.3) is 0 Å². The normalized spacial score (nSPS) is 16.1. The van der Waals surface area contributed by atoms with Crippen molar-refractivity contribution in [2.24, 2.45) is 5.92 Å². The maximum Gasteiger partial charge on any atom is 0.227 e. The number of nitrogens with zero attached hydrogens (tertiary/aromatic N) is 1. The molecule has 0 aromatic heterocycles. The van der Waals surface area contributed by atoms with Crippen molar-refractivity contribution >= 4 is 33.4 Å². The third-order valence-corrected chi connectivity index (χ3v) is 7.50. The molecule has 8 heteroatoms. The van der Waals surface area contributed by atoms with E-state index < -0.39 is 15.8 Å². The number of thioether (sulfide) groups is 1. The van der Waals surface area contributed by atoms with Crippen molar-refractivity contribution in [3.8, 4) is 0 Å². The Bertz CT molecular complexity index is 942. The predicted octanol–water partition coefficient (Wildman–Crippen LogP) is 3.73. The number of anilines is 1. The van der Waals surface area contributed by atoms with Crippen LogP contribution in [-0.2, 0) is 20.6 Å². The van der Waals surface area contributed by atoms with E-state index in [2.05, 4.69) is 5.32 Å². The molecule has 3 rings (SSSR count). The van der Waals surface area contributed by atoms with Crippen LogP contribution in [0.5, 0.6) is 0 Å². The summed E-state index contributed by atoms with van der Waals surface area (Å²) >= 11 is 1.56. The number of rotatable bonds is 6. The van der Waals surface area contributed by atoms with Gasteiger partial charge in [-0.15, -0.1) is 11.8 Å². The van der Waals surface area contributed by atoms with Crippen molar-refractivity contribution in [2.45, 2.75) is 23.5 Å². The average molecular weight is 423 g/mol. The first kappa shape index (κ1) is 20.8. The largest absolute Gasteiger partial charge is 0.325 e. The molecule has 0 saturated carbocycles. The average Bonchev–Trinajstić information content (AvgIpc) is 2.70. The van der Waals surface area contributed by atoms with Gasteiger partial charge in [0.25, 0.3) is 0 Å². The van der Waals surface area contributed by atoms with Gasteiger partial charge in [0.2, 0.25) is 15.9 Å². The molecule has 1 aliphatic heterocycles. The number of hydrogen-bond acceptors (Lipinski definition) is 4. The van der Waals surface area contributed by atoms with Gasteiger partial charge < -0.3 is 5.32 Å². The second-order valence-corrected chi connectivity index (χ2v) is 9.53. The highest BCUT2D eigenvalue weighted by Crippen LogP contribution is 2.27. The van der Waals surface area contributed by atoms with Gasteiger partial charge in [-0.05, 0) is 37.3 Å². The SMILES string of the molecule is CSc1ccccc1NC(=O)C1CCN(S(=O)(=O)Cc2ccccc2F)CC1. The molecular weight excluding hydrogens is 399 g/mol. The Balaban J connectivity index is 1.59. The molecule has 1 saturated heterocycles. The van der Waals surface area contributed by atoms with Crippen molar-refractivity contribution in [3.63, 3.8) is 0 Å². The van der Waals surface area contributed by atoms with E-state index in [0.717, 1.165) is 10.6 Å². The van der Waals surface area contributed by atoms with Crippen LogP contribution in [0.15, 0.2) is 53.4 Å². The number of nitrogens with one attached hydrogen (secondary N) is 1. The van der Waals surface area contributed by atoms with E-state index >= 15 is 0 Å². The quantitative estimate of drug-likeness (QED) is 0.721. The molecule has 0 atom stereocenters. The number of carbonyl (C=O) groups excluding carboxylic acids is 1. The van der Waals surface area contributed by atoms with Crippen LogP contribution in [0.1, 0.15) is 18.4 Å². The fourth-order valence-electron chi connectivity index (χ4n) is 3.28. The Labute approximate surface area is 169 Å². The Morgan fingerprint density at radius 2 is 1.79 bits per heavy atom. The van der Waals surface area contributed by atoms with E-state index in [-0.39, 0.29) is 36.2 Å². The second-order valence-electron chi connectivity index (χ2n) is 6.71. The highest BCUT2D eigenvalue weighted by Gasteiger charge is 2.31. The van der Waals surface area contributed by atoms with Crippen LogP contribution in [0.4, 0.5) is 10.1 Å². The summed E-state index contributed by atoms with van der Waals surface area (Å²) < 4.78 is 40.4. The number of para-hydroxylation sites is 1. The molecule has 1 aliphatic rings. The van der Waals surface area contributed by atoms with Gasteiger partial charge in [0.05, 0.1) is 11.4 Å². The number of hydrogen-bond donors (Lipinski definition) is 1. The first-order valence-electron chi connectivity index (χ1n) is 9.06. The lowest BCUT2D eigenvalue weighted by atomic mass is 9.97. The smallest absolute Gasteiger partial charge is 0.227 e. The topological polar surface area (TPSA) is 66.5 Å². The molecule has 1 N–H and O–H groups in total. The maximum absolute atomic E-state index is 13.8. The van der Waals surface area contributed by atoms with E-state index in [9.17, 15) is 17.6 Å². The lowest BCUT2D eigenvalue weighted by molar-refractivity contribution is -0.120. The minimum atomic E-state index is -3.62. The number of piperidine rings is 1. The van der Waals surface area contributed by atoms with E-state index in [4.69, 9.17) is 0 Å². The number of halogens is 1. The standard InChI is InChI=1S/C20H23FN2O3S2/c1-27-19-9-5-4-8-18(19)22-20(24)15-10-12-23(13-11-15)28(25,26)14-16-6-2-3-7-17(16)21/h2-9,15H,10-14H2,1H3,(H,22,24). The molecule has 1 amide bonds. The fourth-order valence-corrected chi connectivity index (χ4v) is 5.41. The van der Waals surface area contributed by atoms with Crippen molar-refractivity contribution in [1.82, 2.24) is 4.31 Å². The molecule has 0 spiro atoms. The minimum absolute atomic E-state index is 0.0901. The molecule has 2 aromatic carbocycles. The first-order valence-corrected chi connectivity index (χ1v) is 11.9. The Morgan fingerprint density at radius 3 is 2.46 bits per heavy atom. The maximum atomic E-state index is 13.8. The minimum Gasteiger partial charge on any atom is -0.325 e. The van der Waals surface area contributed by atoms with Crippen molar-refractivity contribution in [2.75, 3.05) is 24.7 Å². The Hall–Kier alpha value is -1.90. The van der Waals surface area contributed by atoms with Crippen LogP contribution in [-0.4, -0.2) is 38.0 Å². The summed E-state index contributed by atoms with van der Waals surface area (Å²) in [5, 5.41) is 2.95. The Morgan fingerprint density at radius 1 is 1.14 bits per heavy atom. The van der Waals surface area contributed by atoms with Crippen LogP contribution in [0.2, 0.25) is 0 Å². The monoisotopic (exact) mass is 422 g/mol. The van der Waals surface area contributed by atoms with E-state index in [1.807, 2.05) is 30.5 Å². The number of amides is 1. The summed E-state index contributed by atoms with van der Waals surface area (Å²) in [4.78, 5) is 13.6. The summed E-state index contributed by atoms with van der Waals surface area (Å²) in [5.74, 6) is -1.22. The molecule has 0 unspecified atom stereocenters. The molecule has 0 aliphatic carbocycles. The summed E-state index contributed by atoms with van der Waals surface area (Å²) in [6.45, 7) is 0.526. The first-order chi connectivity index (χ1) is 13.4. The van der Waals surface area contributed by atoms with Crippen LogP contribution in [0.3, 0.4) is 0 Å². The van der Waals surface area contributed by atoms with Gasteiger partial charge in [0.1, 0.15) is 5.82 Å². The zero-order chi connectivity index (χ0) is 20.1. The van der Waals surface area contributed by atoms with Crippen LogP contribution >= 0.6 is 11.8 Å². The van der Waals surface area contributed by atoms with Gasteiger partial charge in [-0.25, -0.2) is 17.1 Å². The molecule has 1 heterocycles. The van der Waals surface area contributed by atoms with Gasteiger partial charge in [0.15, 0.2) is 0 Å². The van der Waals surface area contributed by atoms with Gasteiger partial charge in [-0.3, -0.25) is 4.79 Å². The van der Waals surface area contributed by atoms with E-state index in [1.165, 1.54) is 22.5 Å². The summed E-state index contributed by atoms with van der Waals surface area (Å²) in [7, 11) is -3.62. The molecule has 150 valence electrons. The summed E-state index contributed by atoms with van der Waals surface area (Å²) in [5.41, 5.74) is 0.936. The number of carbonyl (C=O) groups is 1. The lowest BCUT2D eigenvalue weighted by Gasteiger charge is -2.30. The molecule has 0 bridgehead atoms. The molecule has 5 nitrogen and oxygen atoms in total. The van der Waals surface area contributed by atoms with Crippen LogP contribution < -0.4 is 5.32 Å².